The molecule has 0 nitrogen and oxygen atoms in total. The fourth-order valence-electron chi connectivity index (χ4n) is 5.03. The zero-order chi connectivity index (χ0) is 38.0. The third kappa shape index (κ3) is 4.44. The number of rotatable bonds is 0. The summed E-state index contributed by atoms with van der Waals surface area (Å²) in [6.07, 6.45) is 0. The maximum absolute atomic E-state index is 14.3. The van der Waals surface area contributed by atoms with Crippen molar-refractivity contribution in [3.05, 3.63) is 127 Å². The van der Waals surface area contributed by atoms with Crippen molar-refractivity contribution in [1.82, 2.24) is 0 Å². The largest absolute Gasteiger partial charge is 0.305 e. The number of fused-ring (bicyclic) bond motifs is 4. The van der Waals surface area contributed by atoms with Gasteiger partial charge in [0.25, 0.3) is 0 Å². The standard InChI is InChI=1S/C14F12.C14F10/c15-5-1-2(6(16)10(20)9(5)19)14(25,26)4-3(13(1,23)24)7(17)11(21)12(22)8(4)18;15-5-1-2(8(18)12(22)11(21)7(1)17)6(16)4-3(5)9(19)13(23)14(24)10(4)20. The Morgan fingerprint density at radius 3 is 0.480 bits per heavy atom. The van der Waals surface area contributed by atoms with Crippen LogP contribution < -0.4 is 0 Å². The van der Waals surface area contributed by atoms with Crippen molar-refractivity contribution in [1.29, 1.82) is 0 Å². The highest BCUT2D eigenvalue weighted by atomic mass is 19.3. The fraction of sp³-hybridized carbons (Fsp3) is 0.0714. The number of alkyl halides is 4. The van der Waals surface area contributed by atoms with Crippen LogP contribution in [-0.4, -0.2) is 0 Å². The summed E-state index contributed by atoms with van der Waals surface area (Å²) in [7, 11) is 0. The molecule has 6 rings (SSSR count). The summed E-state index contributed by atoms with van der Waals surface area (Å²) in [5.74, 6) is -59.5. The van der Waals surface area contributed by atoms with E-state index in [-0.39, 0.29) is 0 Å². The van der Waals surface area contributed by atoms with Gasteiger partial charge in [-0.2, -0.15) is 17.6 Å². The molecule has 22 heteroatoms. The Morgan fingerprint density at radius 2 is 0.320 bits per heavy atom. The summed E-state index contributed by atoms with van der Waals surface area (Å²) in [6.45, 7) is 0. The van der Waals surface area contributed by atoms with Crippen LogP contribution in [0, 0.1) is 105 Å². The molecule has 0 aliphatic heterocycles. The first kappa shape index (κ1) is 36.4. The van der Waals surface area contributed by atoms with Crippen molar-refractivity contribution in [2.75, 3.05) is 0 Å². The third-order valence-corrected chi connectivity index (χ3v) is 7.20. The van der Waals surface area contributed by atoms with Gasteiger partial charge in [-0.15, -0.1) is 0 Å². The summed E-state index contributed by atoms with van der Waals surface area (Å²) < 4.78 is 301. The zero-order valence-corrected chi connectivity index (χ0v) is 22.3. The SMILES string of the molecule is Fc1c(F)c(F)c2c(F)c3c(F)c(F)c(F)c(F)c3c(F)c2c1F.Fc1c(F)c(F)c2c(c1F)C(F)(F)c1c(F)c(F)c(F)c(F)c1C2(F)F. The second-order valence-corrected chi connectivity index (χ2v) is 9.80. The lowest BCUT2D eigenvalue weighted by atomic mass is 9.79. The predicted molar refractivity (Wildman–Crippen MR) is 120 cm³/mol. The average Bonchev–Trinajstić information content (AvgIpc) is 3.05. The Labute approximate surface area is 257 Å². The van der Waals surface area contributed by atoms with E-state index in [1.54, 1.807) is 0 Å². The molecule has 0 bridgehead atoms. The first-order valence-corrected chi connectivity index (χ1v) is 12.2. The minimum atomic E-state index is -5.49. The van der Waals surface area contributed by atoms with E-state index in [9.17, 15) is 96.6 Å². The summed E-state index contributed by atoms with van der Waals surface area (Å²) in [6, 6.07) is 0. The van der Waals surface area contributed by atoms with Crippen molar-refractivity contribution in [2.45, 2.75) is 11.8 Å². The molecule has 1 aliphatic rings. The van der Waals surface area contributed by atoms with Gasteiger partial charge < -0.3 is 0 Å². The molecular formula is C28F22. The van der Waals surface area contributed by atoms with Crippen LogP contribution in [0.2, 0.25) is 0 Å². The zero-order valence-electron chi connectivity index (χ0n) is 22.3. The molecular weight excluding hydrogens is 754 g/mol. The molecule has 0 aromatic heterocycles. The van der Waals surface area contributed by atoms with Crippen LogP contribution in [0.4, 0.5) is 96.6 Å². The molecule has 266 valence electrons. The normalized spacial score (nSPS) is 14.5. The number of hydrogen-bond acceptors (Lipinski definition) is 0. The number of halogens is 22. The van der Waals surface area contributed by atoms with Crippen LogP contribution in [0.15, 0.2) is 0 Å². The van der Waals surface area contributed by atoms with Crippen molar-refractivity contribution >= 4 is 21.5 Å². The molecule has 0 heterocycles. The second kappa shape index (κ2) is 11.3. The monoisotopic (exact) mass is 754 g/mol. The molecule has 0 spiro atoms. The third-order valence-electron chi connectivity index (χ3n) is 7.20. The molecule has 0 amide bonds. The summed E-state index contributed by atoms with van der Waals surface area (Å²) in [5, 5.41) is -7.66. The van der Waals surface area contributed by atoms with Gasteiger partial charge in [-0.05, 0) is 0 Å². The smallest absolute Gasteiger partial charge is 0.205 e. The van der Waals surface area contributed by atoms with Crippen molar-refractivity contribution < 1.29 is 96.6 Å². The van der Waals surface area contributed by atoms with Crippen molar-refractivity contribution in [3.63, 3.8) is 0 Å². The Morgan fingerprint density at radius 1 is 0.180 bits per heavy atom. The highest BCUT2D eigenvalue weighted by Gasteiger charge is 2.61. The Bertz CT molecular complexity index is 2040. The van der Waals surface area contributed by atoms with Crippen LogP contribution in [0.5, 0.6) is 0 Å². The quantitative estimate of drug-likeness (QED) is 0.0639. The van der Waals surface area contributed by atoms with Gasteiger partial charge >= 0.3 is 11.8 Å². The van der Waals surface area contributed by atoms with E-state index in [0.29, 0.717) is 0 Å². The maximum atomic E-state index is 14.3. The van der Waals surface area contributed by atoms with Gasteiger partial charge in [0, 0.05) is 0 Å². The van der Waals surface area contributed by atoms with E-state index >= 15 is 0 Å². The lowest BCUT2D eigenvalue weighted by molar-refractivity contribution is -0.0254. The van der Waals surface area contributed by atoms with Crippen LogP contribution in [0.25, 0.3) is 21.5 Å². The predicted octanol–water partition coefficient (Wildman–Crippen LogP) is 10.8. The highest BCUT2D eigenvalue weighted by molar-refractivity contribution is 6.01. The van der Waals surface area contributed by atoms with Gasteiger partial charge in [0.2, 0.25) is 0 Å². The van der Waals surface area contributed by atoms with Gasteiger partial charge in [0.15, 0.2) is 93.1 Å². The lowest BCUT2D eigenvalue weighted by Crippen LogP contribution is -2.39. The topological polar surface area (TPSA) is 0 Å². The summed E-state index contributed by atoms with van der Waals surface area (Å²) in [4.78, 5) is 0. The van der Waals surface area contributed by atoms with Crippen LogP contribution in [-0.2, 0) is 11.8 Å². The Balaban J connectivity index is 0.000000195. The fourth-order valence-corrected chi connectivity index (χ4v) is 5.03. The van der Waals surface area contributed by atoms with Crippen molar-refractivity contribution in [3.8, 4) is 0 Å². The molecule has 5 aromatic carbocycles. The average molecular weight is 754 g/mol. The van der Waals surface area contributed by atoms with Gasteiger partial charge in [0.1, 0.15) is 11.6 Å². The molecule has 5 aromatic rings. The highest BCUT2D eigenvalue weighted by Crippen LogP contribution is 2.57. The molecule has 0 N–H and O–H groups in total. The van der Waals surface area contributed by atoms with E-state index < -0.39 is 160 Å². The molecule has 0 unspecified atom stereocenters. The molecule has 50 heavy (non-hydrogen) atoms. The van der Waals surface area contributed by atoms with Gasteiger partial charge in [-0.3, -0.25) is 0 Å². The van der Waals surface area contributed by atoms with Gasteiger partial charge in [-0.1, -0.05) is 0 Å². The molecule has 0 fully saturated rings. The van der Waals surface area contributed by atoms with Gasteiger partial charge in [-0.25, -0.2) is 79.0 Å². The summed E-state index contributed by atoms with van der Waals surface area (Å²) in [5.41, 5.74) is -11.5. The van der Waals surface area contributed by atoms with E-state index in [0.717, 1.165) is 0 Å². The van der Waals surface area contributed by atoms with E-state index in [1.165, 1.54) is 0 Å². The Kier molecular flexibility index (Phi) is 8.22. The molecule has 0 atom stereocenters. The molecule has 0 saturated carbocycles. The van der Waals surface area contributed by atoms with E-state index in [4.69, 9.17) is 0 Å². The number of benzene rings is 5. The molecule has 0 radical (unpaired) electrons. The minimum absolute atomic E-state index is 1.92. The van der Waals surface area contributed by atoms with Crippen LogP contribution in [0.3, 0.4) is 0 Å². The van der Waals surface area contributed by atoms with Gasteiger partial charge in [0.05, 0.1) is 43.8 Å². The van der Waals surface area contributed by atoms with Crippen molar-refractivity contribution in [2.24, 2.45) is 0 Å². The van der Waals surface area contributed by atoms with E-state index in [1.807, 2.05) is 0 Å². The molecule has 0 saturated heterocycles. The van der Waals surface area contributed by atoms with Crippen LogP contribution in [0.1, 0.15) is 22.3 Å². The second-order valence-electron chi connectivity index (χ2n) is 9.80. The minimum Gasteiger partial charge on any atom is -0.205 e. The first-order chi connectivity index (χ1) is 22.9. The van der Waals surface area contributed by atoms with E-state index in [2.05, 4.69) is 0 Å². The summed E-state index contributed by atoms with van der Waals surface area (Å²) >= 11 is 0. The maximum Gasteiger partial charge on any atom is 0.305 e. The van der Waals surface area contributed by atoms with Crippen LogP contribution >= 0.6 is 0 Å². The lowest BCUT2D eigenvalue weighted by Gasteiger charge is -2.34. The Hall–Kier alpha value is -4.92. The molecule has 1 aliphatic carbocycles. The first-order valence-electron chi connectivity index (χ1n) is 12.2. The number of hydrogen-bond donors (Lipinski definition) is 0.